The second-order valence-corrected chi connectivity index (χ2v) is 7.14. The van der Waals surface area contributed by atoms with Crippen molar-refractivity contribution in [1.82, 2.24) is 5.32 Å². The zero-order valence-electron chi connectivity index (χ0n) is 13.4. The van der Waals surface area contributed by atoms with Gasteiger partial charge in [0.15, 0.2) is 0 Å². The van der Waals surface area contributed by atoms with Crippen LogP contribution >= 0.6 is 11.8 Å². The molecule has 0 radical (unpaired) electrons. The van der Waals surface area contributed by atoms with Gasteiger partial charge in [0.2, 0.25) is 5.91 Å². The third-order valence-corrected chi connectivity index (χ3v) is 5.08. The van der Waals surface area contributed by atoms with Crippen molar-refractivity contribution in [2.45, 2.75) is 31.7 Å². The van der Waals surface area contributed by atoms with Crippen LogP contribution in [-0.2, 0) is 4.79 Å². The van der Waals surface area contributed by atoms with Gasteiger partial charge in [-0.05, 0) is 24.6 Å². The van der Waals surface area contributed by atoms with Crippen LogP contribution in [-0.4, -0.2) is 11.7 Å². The molecule has 3 heteroatoms. The van der Waals surface area contributed by atoms with E-state index in [1.807, 2.05) is 69.3 Å². The van der Waals surface area contributed by atoms with E-state index in [0.29, 0.717) is 0 Å². The van der Waals surface area contributed by atoms with Gasteiger partial charge in [0, 0.05) is 10.6 Å². The summed E-state index contributed by atoms with van der Waals surface area (Å²) in [5.41, 5.74) is 0.714. The molecule has 116 valence electrons. The maximum Gasteiger partial charge on any atom is 0.226 e. The Balaban J connectivity index is 1.92. The SMILES string of the molecule is C[C@H](NC(=O)C(C)(C)CSc1ccccc1)c1ccccc1. The molecule has 0 unspecified atom stereocenters. The third kappa shape index (κ3) is 4.63. The minimum atomic E-state index is -0.413. The molecule has 1 N–H and O–H groups in total. The van der Waals surface area contributed by atoms with Crippen molar-refractivity contribution in [3.05, 3.63) is 66.2 Å². The van der Waals surface area contributed by atoms with Crippen LogP contribution in [0.15, 0.2) is 65.6 Å². The molecule has 0 aromatic heterocycles. The maximum absolute atomic E-state index is 12.5. The van der Waals surface area contributed by atoms with E-state index < -0.39 is 5.41 Å². The van der Waals surface area contributed by atoms with Gasteiger partial charge in [-0.2, -0.15) is 0 Å². The number of hydrogen-bond acceptors (Lipinski definition) is 2. The molecule has 0 saturated carbocycles. The van der Waals surface area contributed by atoms with Crippen molar-refractivity contribution in [2.24, 2.45) is 5.41 Å². The van der Waals surface area contributed by atoms with Gasteiger partial charge in [0.25, 0.3) is 0 Å². The van der Waals surface area contributed by atoms with Gasteiger partial charge in [-0.1, -0.05) is 62.4 Å². The second-order valence-electron chi connectivity index (χ2n) is 6.09. The lowest BCUT2D eigenvalue weighted by Gasteiger charge is -2.26. The Morgan fingerprint density at radius 3 is 2.18 bits per heavy atom. The molecule has 1 amide bonds. The van der Waals surface area contributed by atoms with Gasteiger partial charge >= 0.3 is 0 Å². The molecule has 0 saturated heterocycles. The lowest BCUT2D eigenvalue weighted by Crippen LogP contribution is -2.39. The van der Waals surface area contributed by atoms with Crippen LogP contribution in [0.1, 0.15) is 32.4 Å². The Kier molecular flexibility index (Phi) is 5.67. The van der Waals surface area contributed by atoms with Gasteiger partial charge in [0.05, 0.1) is 11.5 Å². The lowest BCUT2D eigenvalue weighted by molar-refractivity contribution is -0.128. The van der Waals surface area contributed by atoms with Crippen LogP contribution in [0.3, 0.4) is 0 Å². The molecule has 22 heavy (non-hydrogen) atoms. The summed E-state index contributed by atoms with van der Waals surface area (Å²) in [7, 11) is 0. The van der Waals surface area contributed by atoms with Gasteiger partial charge in [-0.3, -0.25) is 4.79 Å². The number of carbonyl (C=O) groups is 1. The van der Waals surface area contributed by atoms with E-state index in [1.54, 1.807) is 11.8 Å². The van der Waals surface area contributed by atoms with Crippen molar-refractivity contribution >= 4 is 17.7 Å². The fourth-order valence-electron chi connectivity index (χ4n) is 2.06. The largest absolute Gasteiger partial charge is 0.349 e. The number of benzene rings is 2. The van der Waals surface area contributed by atoms with E-state index in [4.69, 9.17) is 0 Å². The standard InChI is InChI=1S/C19H23NOS/c1-15(16-10-6-4-7-11-16)20-18(21)19(2,3)14-22-17-12-8-5-9-13-17/h4-13,15H,14H2,1-3H3,(H,20,21)/t15-/m0/s1. The van der Waals surface area contributed by atoms with Crippen molar-refractivity contribution < 1.29 is 4.79 Å². The smallest absolute Gasteiger partial charge is 0.226 e. The summed E-state index contributed by atoms with van der Waals surface area (Å²) in [4.78, 5) is 13.7. The summed E-state index contributed by atoms with van der Waals surface area (Å²) in [6.07, 6.45) is 0. The number of thioether (sulfide) groups is 1. The average molecular weight is 313 g/mol. The summed E-state index contributed by atoms with van der Waals surface area (Å²) in [5, 5.41) is 3.12. The first-order chi connectivity index (χ1) is 10.5. The molecule has 0 aliphatic heterocycles. The maximum atomic E-state index is 12.5. The fraction of sp³-hybridized carbons (Fsp3) is 0.316. The molecule has 0 heterocycles. The summed E-state index contributed by atoms with van der Waals surface area (Å²) < 4.78 is 0. The Morgan fingerprint density at radius 2 is 1.59 bits per heavy atom. The van der Waals surface area contributed by atoms with Gasteiger partial charge in [0.1, 0.15) is 0 Å². The van der Waals surface area contributed by atoms with Crippen molar-refractivity contribution in [3.8, 4) is 0 Å². The first-order valence-electron chi connectivity index (χ1n) is 7.53. The summed E-state index contributed by atoms with van der Waals surface area (Å²) >= 11 is 1.72. The van der Waals surface area contributed by atoms with Crippen molar-refractivity contribution in [3.63, 3.8) is 0 Å². The topological polar surface area (TPSA) is 29.1 Å². The highest BCUT2D eigenvalue weighted by atomic mass is 32.2. The van der Waals surface area contributed by atoms with Crippen LogP contribution < -0.4 is 5.32 Å². The van der Waals surface area contributed by atoms with Crippen LogP contribution in [0.5, 0.6) is 0 Å². The fourth-order valence-corrected chi connectivity index (χ4v) is 3.07. The molecule has 2 nitrogen and oxygen atoms in total. The Hall–Kier alpha value is -1.74. The summed E-state index contributed by atoms with van der Waals surface area (Å²) in [5.74, 6) is 0.844. The predicted molar refractivity (Wildman–Crippen MR) is 93.9 cm³/mol. The quantitative estimate of drug-likeness (QED) is 0.784. The molecule has 0 bridgehead atoms. The van der Waals surface area contributed by atoms with Crippen molar-refractivity contribution in [2.75, 3.05) is 5.75 Å². The number of hydrogen-bond donors (Lipinski definition) is 1. The lowest BCUT2D eigenvalue weighted by atomic mass is 9.94. The molecule has 0 aliphatic carbocycles. The van der Waals surface area contributed by atoms with E-state index in [1.165, 1.54) is 4.90 Å². The molecule has 0 aliphatic rings. The number of rotatable bonds is 6. The number of amides is 1. The molecule has 2 rings (SSSR count). The molecule has 2 aromatic rings. The van der Waals surface area contributed by atoms with Crippen molar-refractivity contribution in [1.29, 1.82) is 0 Å². The van der Waals surface area contributed by atoms with E-state index >= 15 is 0 Å². The van der Waals surface area contributed by atoms with E-state index in [9.17, 15) is 4.79 Å². The highest BCUT2D eigenvalue weighted by molar-refractivity contribution is 7.99. The zero-order chi connectivity index (χ0) is 16.0. The van der Waals surface area contributed by atoms with Gasteiger partial charge < -0.3 is 5.32 Å². The minimum absolute atomic E-state index is 0.0229. The second kappa shape index (κ2) is 7.50. The number of carbonyl (C=O) groups excluding carboxylic acids is 1. The molecule has 1 atom stereocenters. The minimum Gasteiger partial charge on any atom is -0.349 e. The molecule has 0 spiro atoms. The van der Waals surface area contributed by atoms with Crippen LogP contribution in [0.4, 0.5) is 0 Å². The summed E-state index contributed by atoms with van der Waals surface area (Å²) in [6.45, 7) is 6.01. The average Bonchev–Trinajstić information content (AvgIpc) is 2.54. The first-order valence-corrected chi connectivity index (χ1v) is 8.51. The molecule has 2 aromatic carbocycles. The normalized spacial score (nSPS) is 12.7. The first kappa shape index (κ1) is 16.6. The number of nitrogens with one attached hydrogen (secondary N) is 1. The Morgan fingerprint density at radius 1 is 1.05 bits per heavy atom. The monoisotopic (exact) mass is 313 g/mol. The third-order valence-electron chi connectivity index (χ3n) is 3.60. The van der Waals surface area contributed by atoms with Crippen LogP contribution in [0, 0.1) is 5.41 Å². The molecule has 0 fully saturated rings. The van der Waals surface area contributed by atoms with E-state index in [0.717, 1.165) is 11.3 Å². The highest BCUT2D eigenvalue weighted by Gasteiger charge is 2.28. The van der Waals surface area contributed by atoms with Crippen LogP contribution in [0.2, 0.25) is 0 Å². The van der Waals surface area contributed by atoms with Gasteiger partial charge in [-0.15, -0.1) is 11.8 Å². The predicted octanol–water partition coefficient (Wildman–Crippen LogP) is 4.68. The molecular formula is C19H23NOS. The summed E-state index contributed by atoms with van der Waals surface area (Å²) in [6, 6.07) is 20.3. The zero-order valence-corrected chi connectivity index (χ0v) is 14.2. The van der Waals surface area contributed by atoms with E-state index in [-0.39, 0.29) is 11.9 Å². The van der Waals surface area contributed by atoms with Crippen LogP contribution in [0.25, 0.3) is 0 Å². The molecular weight excluding hydrogens is 290 g/mol. The highest BCUT2D eigenvalue weighted by Crippen LogP contribution is 2.28. The Labute approximate surface area is 137 Å². The Bertz CT molecular complexity index is 595. The van der Waals surface area contributed by atoms with E-state index in [2.05, 4.69) is 17.4 Å². The van der Waals surface area contributed by atoms with Gasteiger partial charge in [-0.25, -0.2) is 0 Å².